The van der Waals surface area contributed by atoms with E-state index in [1.54, 1.807) is 0 Å². The molecule has 0 saturated carbocycles. The van der Waals surface area contributed by atoms with Crippen LogP contribution >= 0.6 is 0 Å². The Hall–Kier alpha value is -0.0400. The molecule has 1 heteroatoms. The molecule has 1 aliphatic heterocycles. The van der Waals surface area contributed by atoms with Crippen LogP contribution in [0.4, 0.5) is 0 Å². The van der Waals surface area contributed by atoms with Crippen LogP contribution in [0.3, 0.4) is 0 Å². The summed E-state index contributed by atoms with van der Waals surface area (Å²) in [6.07, 6.45) is 4.18. The highest BCUT2D eigenvalue weighted by molar-refractivity contribution is 4.87. The summed E-state index contributed by atoms with van der Waals surface area (Å²) in [7, 11) is 2.30. The Balaban J connectivity index is 2.67. The van der Waals surface area contributed by atoms with Crippen LogP contribution in [0.2, 0.25) is 0 Å². The van der Waals surface area contributed by atoms with Crippen LogP contribution in [0.15, 0.2) is 0 Å². The zero-order valence-corrected chi connectivity index (χ0v) is 10.8. The fourth-order valence-corrected chi connectivity index (χ4v) is 2.54. The van der Waals surface area contributed by atoms with E-state index < -0.39 is 0 Å². The van der Waals surface area contributed by atoms with Gasteiger partial charge in [-0.25, -0.2) is 0 Å². The molecule has 84 valence electrons. The fraction of sp³-hybridized carbons (Fsp3) is 1.00. The number of hydrogen-bond acceptors (Lipinski definition) is 1. The van der Waals surface area contributed by atoms with Crippen molar-refractivity contribution in [1.82, 2.24) is 4.90 Å². The predicted octanol–water partition coefficient (Wildman–Crippen LogP) is 3.54. The molecule has 0 aromatic heterocycles. The van der Waals surface area contributed by atoms with Crippen molar-refractivity contribution in [3.63, 3.8) is 0 Å². The topological polar surface area (TPSA) is 3.24 Å². The molecule has 0 N–H and O–H groups in total. The zero-order chi connectivity index (χ0) is 10.9. The van der Waals surface area contributed by atoms with E-state index in [0.717, 1.165) is 18.0 Å². The number of likely N-dealkylation sites (tertiary alicyclic amines) is 1. The maximum Gasteiger partial charge on any atom is 0.0126 e. The standard InChI is InChI=1S/C13H27N/c1-10-8-7-9-12(14(10)6)11(2)13(3,4)5/h10-12H,7-9H2,1-6H3. The lowest BCUT2D eigenvalue weighted by Gasteiger charge is -2.45. The summed E-state index contributed by atoms with van der Waals surface area (Å²) in [4.78, 5) is 2.60. The molecular weight excluding hydrogens is 170 g/mol. The lowest BCUT2D eigenvalue weighted by atomic mass is 9.74. The van der Waals surface area contributed by atoms with Gasteiger partial charge in [0.15, 0.2) is 0 Å². The van der Waals surface area contributed by atoms with Crippen LogP contribution in [-0.4, -0.2) is 24.0 Å². The second kappa shape index (κ2) is 4.22. The molecule has 14 heavy (non-hydrogen) atoms. The summed E-state index contributed by atoms with van der Waals surface area (Å²) in [6.45, 7) is 11.9. The Kier molecular flexibility index (Phi) is 3.63. The van der Waals surface area contributed by atoms with Crippen molar-refractivity contribution in [3.8, 4) is 0 Å². The summed E-state index contributed by atoms with van der Waals surface area (Å²) in [5.41, 5.74) is 0.440. The molecule has 3 unspecified atom stereocenters. The lowest BCUT2D eigenvalue weighted by molar-refractivity contribution is 0.0439. The van der Waals surface area contributed by atoms with Gasteiger partial charge in [0.2, 0.25) is 0 Å². The van der Waals surface area contributed by atoms with E-state index in [-0.39, 0.29) is 0 Å². The van der Waals surface area contributed by atoms with E-state index in [2.05, 4.69) is 46.6 Å². The van der Waals surface area contributed by atoms with Gasteiger partial charge in [0.05, 0.1) is 0 Å². The van der Waals surface area contributed by atoms with Gasteiger partial charge in [0.25, 0.3) is 0 Å². The number of piperidine rings is 1. The summed E-state index contributed by atoms with van der Waals surface area (Å²) in [5.74, 6) is 0.787. The normalized spacial score (nSPS) is 33.0. The highest BCUT2D eigenvalue weighted by Crippen LogP contribution is 2.35. The first-order chi connectivity index (χ1) is 6.34. The van der Waals surface area contributed by atoms with Gasteiger partial charge >= 0.3 is 0 Å². The third kappa shape index (κ3) is 2.50. The Bertz CT molecular complexity index is 180. The van der Waals surface area contributed by atoms with E-state index in [1.165, 1.54) is 19.3 Å². The van der Waals surface area contributed by atoms with Crippen molar-refractivity contribution >= 4 is 0 Å². The highest BCUT2D eigenvalue weighted by atomic mass is 15.2. The lowest BCUT2D eigenvalue weighted by Crippen LogP contribution is -2.48. The van der Waals surface area contributed by atoms with Crippen LogP contribution in [0.5, 0.6) is 0 Å². The Morgan fingerprint density at radius 2 is 1.79 bits per heavy atom. The van der Waals surface area contributed by atoms with Gasteiger partial charge < -0.3 is 4.90 Å². The quantitative estimate of drug-likeness (QED) is 0.621. The third-order valence-electron chi connectivity index (χ3n) is 4.28. The molecule has 1 heterocycles. The van der Waals surface area contributed by atoms with Crippen LogP contribution in [0, 0.1) is 11.3 Å². The van der Waals surface area contributed by atoms with E-state index in [1.807, 2.05) is 0 Å². The zero-order valence-electron chi connectivity index (χ0n) is 10.8. The number of rotatable bonds is 1. The van der Waals surface area contributed by atoms with Crippen molar-refractivity contribution in [2.75, 3.05) is 7.05 Å². The van der Waals surface area contributed by atoms with Crippen molar-refractivity contribution in [2.45, 2.75) is 66.0 Å². The average Bonchev–Trinajstić information content (AvgIpc) is 2.07. The minimum atomic E-state index is 0.440. The van der Waals surface area contributed by atoms with Crippen LogP contribution in [0.1, 0.15) is 53.9 Å². The average molecular weight is 197 g/mol. The Morgan fingerprint density at radius 3 is 2.29 bits per heavy atom. The molecule has 1 saturated heterocycles. The highest BCUT2D eigenvalue weighted by Gasteiger charge is 2.34. The Morgan fingerprint density at radius 1 is 1.21 bits per heavy atom. The maximum atomic E-state index is 2.60. The number of hydrogen-bond donors (Lipinski definition) is 0. The summed E-state index contributed by atoms with van der Waals surface area (Å²) < 4.78 is 0. The monoisotopic (exact) mass is 197 g/mol. The molecule has 0 aromatic carbocycles. The first-order valence-corrected chi connectivity index (χ1v) is 6.06. The van der Waals surface area contributed by atoms with Gasteiger partial charge in [-0.05, 0) is 38.1 Å². The minimum Gasteiger partial charge on any atom is -0.300 e. The van der Waals surface area contributed by atoms with Gasteiger partial charge in [0, 0.05) is 12.1 Å². The molecular formula is C13H27N. The molecule has 1 nitrogen and oxygen atoms in total. The van der Waals surface area contributed by atoms with Crippen LogP contribution in [-0.2, 0) is 0 Å². The second-order valence-electron chi connectivity index (χ2n) is 6.17. The summed E-state index contributed by atoms with van der Waals surface area (Å²) in [5, 5.41) is 0. The summed E-state index contributed by atoms with van der Waals surface area (Å²) >= 11 is 0. The Labute approximate surface area is 89.9 Å². The van der Waals surface area contributed by atoms with Crippen LogP contribution in [0.25, 0.3) is 0 Å². The van der Waals surface area contributed by atoms with Gasteiger partial charge in [-0.1, -0.05) is 34.1 Å². The minimum absolute atomic E-state index is 0.440. The largest absolute Gasteiger partial charge is 0.300 e. The van der Waals surface area contributed by atoms with Gasteiger partial charge in [0.1, 0.15) is 0 Å². The van der Waals surface area contributed by atoms with Gasteiger partial charge in [-0.3, -0.25) is 0 Å². The third-order valence-corrected chi connectivity index (χ3v) is 4.28. The molecule has 0 radical (unpaired) electrons. The van der Waals surface area contributed by atoms with E-state index in [9.17, 15) is 0 Å². The summed E-state index contributed by atoms with van der Waals surface area (Å²) in [6, 6.07) is 1.57. The fourth-order valence-electron chi connectivity index (χ4n) is 2.54. The van der Waals surface area contributed by atoms with Gasteiger partial charge in [-0.15, -0.1) is 0 Å². The molecule has 1 fully saturated rings. The molecule has 1 aliphatic rings. The molecule has 1 rings (SSSR count). The van der Waals surface area contributed by atoms with Crippen LogP contribution < -0.4 is 0 Å². The van der Waals surface area contributed by atoms with Crippen molar-refractivity contribution < 1.29 is 0 Å². The smallest absolute Gasteiger partial charge is 0.0126 e. The predicted molar refractivity (Wildman–Crippen MR) is 63.5 cm³/mol. The first-order valence-electron chi connectivity index (χ1n) is 6.06. The first kappa shape index (κ1) is 12.0. The van der Waals surface area contributed by atoms with Crippen molar-refractivity contribution in [1.29, 1.82) is 0 Å². The SMILES string of the molecule is CC1CCCC(C(C)C(C)(C)C)N1C. The van der Waals surface area contributed by atoms with Crippen molar-refractivity contribution in [2.24, 2.45) is 11.3 Å². The molecule has 3 atom stereocenters. The molecule has 0 spiro atoms. The molecule has 0 aliphatic carbocycles. The maximum absolute atomic E-state index is 2.60. The molecule has 0 amide bonds. The van der Waals surface area contributed by atoms with Crippen molar-refractivity contribution in [3.05, 3.63) is 0 Å². The second-order valence-corrected chi connectivity index (χ2v) is 6.17. The number of nitrogens with zero attached hydrogens (tertiary/aromatic N) is 1. The van der Waals surface area contributed by atoms with E-state index in [0.29, 0.717) is 5.41 Å². The van der Waals surface area contributed by atoms with E-state index >= 15 is 0 Å². The molecule has 0 bridgehead atoms. The van der Waals surface area contributed by atoms with Gasteiger partial charge in [-0.2, -0.15) is 0 Å². The molecule has 0 aromatic rings. The van der Waals surface area contributed by atoms with E-state index in [4.69, 9.17) is 0 Å².